The zero-order valence-corrected chi connectivity index (χ0v) is 17.7. The van der Waals surface area contributed by atoms with Crippen LogP contribution in [-0.2, 0) is 14.8 Å². The lowest BCUT2D eigenvalue weighted by Gasteiger charge is -2.30. The Morgan fingerprint density at radius 3 is 2.47 bits per heavy atom. The molecule has 1 fully saturated rings. The van der Waals surface area contributed by atoms with Crippen LogP contribution in [0.3, 0.4) is 0 Å². The lowest BCUT2D eigenvalue weighted by molar-refractivity contribution is 0.0600. The Hall–Kier alpha value is -3.25. The van der Waals surface area contributed by atoms with Crippen molar-refractivity contribution in [2.45, 2.75) is 24.2 Å². The molecule has 0 spiro atoms. The maximum Gasteiger partial charge on any atom is 0.337 e. The molecule has 30 heavy (non-hydrogen) atoms. The summed E-state index contributed by atoms with van der Waals surface area (Å²) in [6, 6.07) is 11.0. The maximum absolute atomic E-state index is 13.2. The molecule has 3 rings (SSSR count). The predicted octanol–water partition coefficient (Wildman–Crippen LogP) is 3.14. The van der Waals surface area contributed by atoms with Crippen LogP contribution in [-0.4, -0.2) is 41.7 Å². The average Bonchev–Trinajstić information content (AvgIpc) is 2.78. The number of methoxy groups -OCH3 is 2. The molecule has 0 aromatic heterocycles. The summed E-state index contributed by atoms with van der Waals surface area (Å²) < 4.78 is 38.9. The number of carbonyl (C=O) groups is 1. The third kappa shape index (κ3) is 4.49. The molecule has 1 saturated heterocycles. The standard InChI is InChI=1S/C21H23N3O5S/c1-28-19-9-7-16(21(25)29-2)13-20(19)30(26,27)23-17-12-15(14-22)6-8-18(17)24-10-4-3-5-11-24/h6-9,12-13,23H,3-5,10-11H2,1-2H3. The number of esters is 1. The second-order valence-corrected chi connectivity index (χ2v) is 8.50. The summed E-state index contributed by atoms with van der Waals surface area (Å²) in [5.74, 6) is -0.569. The molecule has 0 amide bonds. The molecular weight excluding hydrogens is 406 g/mol. The van der Waals surface area contributed by atoms with E-state index in [1.165, 1.54) is 38.5 Å². The van der Waals surface area contributed by atoms with Crippen molar-refractivity contribution in [2.75, 3.05) is 36.9 Å². The minimum atomic E-state index is -4.13. The number of sulfonamides is 1. The molecule has 0 aliphatic carbocycles. The van der Waals surface area contributed by atoms with E-state index in [-0.39, 0.29) is 16.2 Å². The van der Waals surface area contributed by atoms with Gasteiger partial charge in [-0.1, -0.05) is 0 Å². The first kappa shape index (κ1) is 21.5. The highest BCUT2D eigenvalue weighted by atomic mass is 32.2. The molecule has 158 valence electrons. The lowest BCUT2D eigenvalue weighted by atomic mass is 10.1. The highest BCUT2D eigenvalue weighted by molar-refractivity contribution is 7.92. The highest BCUT2D eigenvalue weighted by Crippen LogP contribution is 2.33. The summed E-state index contributed by atoms with van der Waals surface area (Å²) in [5, 5.41) is 9.27. The van der Waals surface area contributed by atoms with Gasteiger partial charge in [-0.25, -0.2) is 13.2 Å². The van der Waals surface area contributed by atoms with Crippen LogP contribution in [0.1, 0.15) is 35.2 Å². The van der Waals surface area contributed by atoms with Gasteiger partial charge in [0.15, 0.2) is 0 Å². The second-order valence-electron chi connectivity index (χ2n) is 6.85. The summed E-state index contributed by atoms with van der Waals surface area (Å²) >= 11 is 0. The average molecular weight is 429 g/mol. The third-order valence-electron chi connectivity index (χ3n) is 4.94. The Labute approximate surface area is 176 Å². The first-order chi connectivity index (χ1) is 14.4. The van der Waals surface area contributed by atoms with E-state index in [1.807, 2.05) is 6.07 Å². The number of hydrogen-bond donors (Lipinski definition) is 1. The van der Waals surface area contributed by atoms with E-state index >= 15 is 0 Å². The molecule has 0 radical (unpaired) electrons. The molecule has 9 heteroatoms. The number of nitrogens with zero attached hydrogens (tertiary/aromatic N) is 2. The SMILES string of the molecule is COC(=O)c1ccc(OC)c(S(=O)(=O)Nc2cc(C#N)ccc2N2CCCCC2)c1. The van der Waals surface area contributed by atoms with Crippen molar-refractivity contribution >= 4 is 27.4 Å². The van der Waals surface area contributed by atoms with Crippen molar-refractivity contribution in [3.63, 3.8) is 0 Å². The fraction of sp³-hybridized carbons (Fsp3) is 0.333. The van der Waals surface area contributed by atoms with Gasteiger partial charge in [0.1, 0.15) is 10.6 Å². The molecular formula is C21H23N3O5S. The summed E-state index contributed by atoms with van der Waals surface area (Å²) in [7, 11) is -1.56. The first-order valence-electron chi connectivity index (χ1n) is 9.48. The van der Waals surface area contributed by atoms with Crippen molar-refractivity contribution < 1.29 is 22.7 Å². The predicted molar refractivity (Wildman–Crippen MR) is 112 cm³/mol. The molecule has 0 saturated carbocycles. The van der Waals surface area contributed by atoms with Gasteiger partial charge in [-0.15, -0.1) is 0 Å². The van der Waals surface area contributed by atoms with Gasteiger partial charge in [0.05, 0.1) is 42.8 Å². The number of carbonyl (C=O) groups excluding carboxylic acids is 1. The first-order valence-corrected chi connectivity index (χ1v) is 11.0. The van der Waals surface area contributed by atoms with Crippen molar-refractivity contribution in [1.29, 1.82) is 5.26 Å². The molecule has 1 aliphatic heterocycles. The Morgan fingerprint density at radius 2 is 1.83 bits per heavy atom. The minimum Gasteiger partial charge on any atom is -0.495 e. The van der Waals surface area contributed by atoms with Crippen LogP contribution in [0.5, 0.6) is 5.75 Å². The maximum atomic E-state index is 13.2. The number of nitrogens with one attached hydrogen (secondary N) is 1. The molecule has 0 bridgehead atoms. The zero-order chi connectivity index (χ0) is 21.7. The molecule has 1 N–H and O–H groups in total. The number of piperidine rings is 1. The number of anilines is 2. The van der Waals surface area contributed by atoms with E-state index in [1.54, 1.807) is 12.1 Å². The van der Waals surface area contributed by atoms with Crippen molar-refractivity contribution in [2.24, 2.45) is 0 Å². The van der Waals surface area contributed by atoms with E-state index < -0.39 is 16.0 Å². The Morgan fingerprint density at radius 1 is 1.10 bits per heavy atom. The fourth-order valence-electron chi connectivity index (χ4n) is 3.43. The molecule has 1 aliphatic rings. The summed E-state index contributed by atoms with van der Waals surface area (Å²) in [6.45, 7) is 1.61. The monoisotopic (exact) mass is 429 g/mol. The van der Waals surface area contributed by atoms with Crippen LogP contribution in [0.2, 0.25) is 0 Å². The van der Waals surface area contributed by atoms with E-state index in [0.717, 1.165) is 32.4 Å². The summed E-state index contributed by atoms with van der Waals surface area (Å²) in [4.78, 5) is 13.8. The molecule has 8 nitrogen and oxygen atoms in total. The molecule has 1 heterocycles. The number of benzene rings is 2. The molecule has 0 unspecified atom stereocenters. The van der Waals surface area contributed by atoms with Gasteiger partial charge in [0.25, 0.3) is 10.0 Å². The normalized spacial score (nSPS) is 14.0. The van der Waals surface area contributed by atoms with Crippen LogP contribution in [0.4, 0.5) is 11.4 Å². The van der Waals surface area contributed by atoms with Crippen molar-refractivity contribution in [3.8, 4) is 11.8 Å². The van der Waals surface area contributed by atoms with Crippen LogP contribution in [0.25, 0.3) is 0 Å². The van der Waals surface area contributed by atoms with Gasteiger partial charge in [-0.05, 0) is 55.7 Å². The smallest absolute Gasteiger partial charge is 0.337 e. The zero-order valence-electron chi connectivity index (χ0n) is 16.8. The lowest BCUT2D eigenvalue weighted by Crippen LogP contribution is -2.30. The van der Waals surface area contributed by atoms with Crippen molar-refractivity contribution in [1.82, 2.24) is 0 Å². The number of nitriles is 1. The summed E-state index contributed by atoms with van der Waals surface area (Å²) in [5.41, 5.74) is 1.44. The van der Waals surface area contributed by atoms with Crippen molar-refractivity contribution in [3.05, 3.63) is 47.5 Å². The van der Waals surface area contributed by atoms with Gasteiger partial charge in [0, 0.05) is 13.1 Å². The van der Waals surface area contributed by atoms with Gasteiger partial charge in [-0.2, -0.15) is 5.26 Å². The van der Waals surface area contributed by atoms with Crippen LogP contribution in [0, 0.1) is 11.3 Å². The number of ether oxygens (including phenoxy) is 2. The Kier molecular flexibility index (Phi) is 6.47. The quantitative estimate of drug-likeness (QED) is 0.703. The molecule has 2 aromatic rings. The number of rotatable bonds is 6. The van der Waals surface area contributed by atoms with E-state index in [2.05, 4.69) is 14.4 Å². The minimum absolute atomic E-state index is 0.0840. The van der Waals surface area contributed by atoms with Gasteiger partial charge >= 0.3 is 5.97 Å². The highest BCUT2D eigenvalue weighted by Gasteiger charge is 2.25. The van der Waals surface area contributed by atoms with E-state index in [4.69, 9.17) is 4.74 Å². The molecule has 0 atom stereocenters. The van der Waals surface area contributed by atoms with Gasteiger partial charge < -0.3 is 14.4 Å². The summed E-state index contributed by atoms with van der Waals surface area (Å²) in [6.07, 6.45) is 3.16. The third-order valence-corrected chi connectivity index (χ3v) is 6.33. The Balaban J connectivity index is 2.05. The van der Waals surface area contributed by atoms with Crippen LogP contribution < -0.4 is 14.4 Å². The van der Waals surface area contributed by atoms with Crippen LogP contribution >= 0.6 is 0 Å². The van der Waals surface area contributed by atoms with E-state index in [9.17, 15) is 18.5 Å². The number of hydrogen-bond acceptors (Lipinski definition) is 7. The van der Waals surface area contributed by atoms with Gasteiger partial charge in [-0.3, -0.25) is 4.72 Å². The topological polar surface area (TPSA) is 109 Å². The van der Waals surface area contributed by atoms with Crippen LogP contribution in [0.15, 0.2) is 41.3 Å². The Bertz CT molecular complexity index is 1090. The van der Waals surface area contributed by atoms with E-state index in [0.29, 0.717) is 16.9 Å². The second kappa shape index (κ2) is 9.05. The fourth-order valence-corrected chi connectivity index (χ4v) is 4.69. The largest absolute Gasteiger partial charge is 0.495 e. The van der Waals surface area contributed by atoms with Gasteiger partial charge in [0.2, 0.25) is 0 Å². The molecule has 2 aromatic carbocycles.